The Morgan fingerprint density at radius 3 is 2.47 bits per heavy atom. The molecule has 1 atom stereocenters. The number of pyridine rings is 1. The molecule has 6 rings (SSSR count). The third-order valence-corrected chi connectivity index (χ3v) is 7.06. The van der Waals surface area contributed by atoms with Crippen LogP contribution in [-0.4, -0.2) is 49.5 Å². The van der Waals surface area contributed by atoms with E-state index in [9.17, 15) is 19.2 Å². The van der Waals surface area contributed by atoms with Crippen LogP contribution in [0.3, 0.4) is 0 Å². The summed E-state index contributed by atoms with van der Waals surface area (Å²) in [6.07, 6.45) is 2.41. The van der Waals surface area contributed by atoms with E-state index in [2.05, 4.69) is 15.6 Å². The smallest absolute Gasteiger partial charge is 0.325 e. The Balaban J connectivity index is 1.26. The van der Waals surface area contributed by atoms with Crippen LogP contribution in [0, 0.1) is 0 Å². The third-order valence-electron chi connectivity index (χ3n) is 7.06. The van der Waals surface area contributed by atoms with Crippen LogP contribution < -0.4 is 16.3 Å². The number of hydrogen-bond donors (Lipinski definition) is 2. The number of fused-ring (bicyclic) bond motifs is 2. The van der Waals surface area contributed by atoms with Crippen LogP contribution in [-0.2, 0) is 29.0 Å². The second-order valence-electron chi connectivity index (χ2n) is 9.12. The Kier molecular flexibility index (Phi) is 4.78. The van der Waals surface area contributed by atoms with E-state index in [1.54, 1.807) is 43.6 Å². The molecule has 1 aliphatic carbocycles. The van der Waals surface area contributed by atoms with E-state index in [-0.39, 0.29) is 24.0 Å². The number of imidazole rings is 1. The first-order chi connectivity index (χ1) is 17.4. The molecule has 4 amide bonds. The van der Waals surface area contributed by atoms with Gasteiger partial charge in [-0.15, -0.1) is 0 Å². The zero-order valence-electron chi connectivity index (χ0n) is 19.4. The summed E-state index contributed by atoms with van der Waals surface area (Å²) in [5.41, 5.74) is 2.41. The predicted molar refractivity (Wildman–Crippen MR) is 132 cm³/mol. The topological polar surface area (TPSA) is 118 Å². The highest BCUT2D eigenvalue weighted by Crippen LogP contribution is 2.38. The highest BCUT2D eigenvalue weighted by Gasteiger charge is 2.54. The zero-order valence-corrected chi connectivity index (χ0v) is 19.4. The van der Waals surface area contributed by atoms with E-state index < -0.39 is 11.6 Å². The molecular weight excluding hydrogens is 460 g/mol. The summed E-state index contributed by atoms with van der Waals surface area (Å²) in [4.78, 5) is 56.6. The number of likely N-dealkylation sites (N-methyl/N-ethyl adjacent to an activating group) is 1. The Hall–Kier alpha value is -4.73. The van der Waals surface area contributed by atoms with Crippen molar-refractivity contribution in [3.8, 4) is 5.82 Å². The first kappa shape index (κ1) is 21.8. The summed E-state index contributed by atoms with van der Waals surface area (Å²) >= 11 is 0. The number of urea groups is 1. The largest absolute Gasteiger partial charge is 0.335 e. The van der Waals surface area contributed by atoms with E-state index in [1.807, 2.05) is 30.3 Å². The Labute approximate surface area is 205 Å². The minimum atomic E-state index is -0.928. The fourth-order valence-corrected chi connectivity index (χ4v) is 5.19. The molecule has 0 radical (unpaired) electrons. The summed E-state index contributed by atoms with van der Waals surface area (Å²) < 4.78 is 2.91. The average molecular weight is 483 g/mol. The van der Waals surface area contributed by atoms with Crippen molar-refractivity contribution >= 4 is 34.6 Å². The van der Waals surface area contributed by atoms with Crippen LogP contribution in [0.4, 0.5) is 10.5 Å². The normalized spacial score (nSPS) is 18.6. The predicted octanol–water partition coefficient (Wildman–Crippen LogP) is 1.84. The van der Waals surface area contributed by atoms with Gasteiger partial charge in [0.2, 0.25) is 5.91 Å². The zero-order chi connectivity index (χ0) is 25.0. The molecule has 0 bridgehead atoms. The van der Waals surface area contributed by atoms with Crippen LogP contribution >= 0.6 is 0 Å². The standard InChI is InChI=1S/C26H22N6O4/c1-30-24(35)29-23(34)26(30)13-16-9-10-18(12-17(16)14-26)28-22(33)15-31-19-6-2-3-7-20(19)32(25(31)36)21-8-4-5-11-27-21/h2-12H,13-15H2,1H3,(H,28,33)(H,29,34,35). The molecule has 2 aromatic heterocycles. The molecule has 1 fully saturated rings. The fourth-order valence-electron chi connectivity index (χ4n) is 5.19. The Bertz CT molecular complexity index is 1620. The van der Waals surface area contributed by atoms with Gasteiger partial charge in [0.25, 0.3) is 5.91 Å². The molecule has 1 aliphatic heterocycles. The minimum Gasteiger partial charge on any atom is -0.325 e. The van der Waals surface area contributed by atoms with Crippen LogP contribution in [0.2, 0.25) is 0 Å². The lowest BCUT2D eigenvalue weighted by molar-refractivity contribution is -0.125. The van der Waals surface area contributed by atoms with Crippen molar-refractivity contribution < 1.29 is 14.4 Å². The minimum absolute atomic E-state index is 0.181. The van der Waals surface area contributed by atoms with E-state index in [1.165, 1.54) is 14.0 Å². The van der Waals surface area contributed by atoms with Gasteiger partial charge in [-0.3, -0.25) is 19.5 Å². The number of rotatable bonds is 4. The van der Waals surface area contributed by atoms with Gasteiger partial charge in [-0.25, -0.2) is 19.1 Å². The van der Waals surface area contributed by atoms with Gasteiger partial charge in [0.05, 0.1) is 11.0 Å². The maximum atomic E-state index is 13.3. The molecule has 3 heterocycles. The molecular formula is C26H22N6O4. The van der Waals surface area contributed by atoms with Gasteiger partial charge in [0, 0.05) is 31.8 Å². The van der Waals surface area contributed by atoms with E-state index in [0.29, 0.717) is 35.4 Å². The van der Waals surface area contributed by atoms with Gasteiger partial charge in [-0.1, -0.05) is 24.3 Å². The van der Waals surface area contributed by atoms with Crippen molar-refractivity contribution in [3.05, 3.63) is 88.5 Å². The highest BCUT2D eigenvalue weighted by molar-refractivity contribution is 6.07. The fraction of sp³-hybridized carbons (Fsp3) is 0.192. The number of benzene rings is 2. The average Bonchev–Trinajstić information content (AvgIpc) is 3.46. The molecule has 1 unspecified atom stereocenters. The Morgan fingerprint density at radius 2 is 1.75 bits per heavy atom. The van der Waals surface area contributed by atoms with E-state index in [4.69, 9.17) is 0 Å². The van der Waals surface area contributed by atoms with Crippen molar-refractivity contribution in [1.29, 1.82) is 0 Å². The van der Waals surface area contributed by atoms with Gasteiger partial charge >= 0.3 is 11.7 Å². The molecule has 0 saturated carbocycles. The number of amides is 4. The third kappa shape index (κ3) is 3.22. The van der Waals surface area contributed by atoms with Crippen molar-refractivity contribution in [2.75, 3.05) is 12.4 Å². The number of imide groups is 1. The van der Waals surface area contributed by atoms with E-state index >= 15 is 0 Å². The van der Waals surface area contributed by atoms with Gasteiger partial charge in [0.1, 0.15) is 17.9 Å². The monoisotopic (exact) mass is 482 g/mol. The first-order valence-corrected chi connectivity index (χ1v) is 11.5. The van der Waals surface area contributed by atoms with Gasteiger partial charge in [0.15, 0.2) is 0 Å². The second kappa shape index (κ2) is 7.91. The first-order valence-electron chi connectivity index (χ1n) is 11.5. The number of hydrogen-bond acceptors (Lipinski definition) is 5. The molecule has 2 aliphatic rings. The second-order valence-corrected chi connectivity index (χ2v) is 9.12. The summed E-state index contributed by atoms with van der Waals surface area (Å²) in [5, 5.41) is 5.25. The molecule has 2 N–H and O–H groups in total. The lowest BCUT2D eigenvalue weighted by Crippen LogP contribution is -2.48. The lowest BCUT2D eigenvalue weighted by atomic mass is 9.95. The number of para-hydroxylation sites is 2. The summed E-state index contributed by atoms with van der Waals surface area (Å²) in [7, 11) is 1.62. The molecule has 180 valence electrons. The van der Waals surface area contributed by atoms with Crippen molar-refractivity contribution in [2.24, 2.45) is 0 Å². The number of aromatic nitrogens is 3. The van der Waals surface area contributed by atoms with Crippen LogP contribution in [0.1, 0.15) is 11.1 Å². The molecule has 1 saturated heterocycles. The van der Waals surface area contributed by atoms with Gasteiger partial charge in [-0.05, 0) is 47.5 Å². The van der Waals surface area contributed by atoms with Gasteiger partial charge in [-0.2, -0.15) is 0 Å². The summed E-state index contributed by atoms with van der Waals surface area (Å²) in [6.45, 7) is -0.181. The number of carbonyl (C=O) groups excluding carboxylic acids is 3. The Morgan fingerprint density at radius 1 is 1.00 bits per heavy atom. The molecule has 1 spiro atoms. The SMILES string of the molecule is CN1C(=O)NC(=O)C12Cc1ccc(NC(=O)Cn3c(=O)n(-c4ccccn4)c4ccccc43)cc1C2. The number of nitrogens with zero attached hydrogens (tertiary/aromatic N) is 4. The van der Waals surface area contributed by atoms with Gasteiger partial charge < -0.3 is 10.2 Å². The number of carbonyl (C=O) groups is 3. The molecule has 10 nitrogen and oxygen atoms in total. The molecule has 4 aromatic rings. The maximum Gasteiger partial charge on any atom is 0.335 e. The molecule has 36 heavy (non-hydrogen) atoms. The van der Waals surface area contributed by atoms with Crippen LogP contribution in [0.5, 0.6) is 0 Å². The van der Waals surface area contributed by atoms with Crippen LogP contribution in [0.15, 0.2) is 71.7 Å². The highest BCUT2D eigenvalue weighted by atomic mass is 16.2. The molecule has 10 heteroatoms. The van der Waals surface area contributed by atoms with Crippen LogP contribution in [0.25, 0.3) is 16.9 Å². The quantitative estimate of drug-likeness (QED) is 0.431. The lowest BCUT2D eigenvalue weighted by Gasteiger charge is -2.27. The summed E-state index contributed by atoms with van der Waals surface area (Å²) in [6, 6.07) is 17.6. The number of nitrogens with one attached hydrogen (secondary N) is 2. The number of anilines is 1. The van der Waals surface area contributed by atoms with Crippen molar-refractivity contribution in [2.45, 2.75) is 24.9 Å². The summed E-state index contributed by atoms with van der Waals surface area (Å²) in [5.74, 6) is -0.190. The maximum absolute atomic E-state index is 13.3. The van der Waals surface area contributed by atoms with Crippen molar-refractivity contribution in [3.63, 3.8) is 0 Å². The van der Waals surface area contributed by atoms with E-state index in [0.717, 1.165) is 11.1 Å². The van der Waals surface area contributed by atoms with Crippen molar-refractivity contribution in [1.82, 2.24) is 24.3 Å². The molecule has 2 aromatic carbocycles.